The molecule has 7 heteroatoms. The number of nitrogens with zero attached hydrogens (tertiary/aromatic N) is 3. The third kappa shape index (κ3) is 2.90. The van der Waals surface area contributed by atoms with E-state index in [4.69, 9.17) is 0 Å². The molecular formula is C11H16BrN5O. The summed E-state index contributed by atoms with van der Waals surface area (Å²) in [6.45, 7) is 2.00. The first-order valence-electron chi connectivity index (χ1n) is 5.92. The Kier molecular flexibility index (Phi) is 4.35. The van der Waals surface area contributed by atoms with Gasteiger partial charge in [-0.3, -0.25) is 4.79 Å². The molecule has 1 amide bonds. The number of nitrogens with one attached hydrogen (secondary N) is 2. The van der Waals surface area contributed by atoms with Crippen LogP contribution in [0.1, 0.15) is 12.8 Å². The Balaban J connectivity index is 1.95. The molecule has 6 nitrogen and oxygen atoms in total. The van der Waals surface area contributed by atoms with Gasteiger partial charge in [0.25, 0.3) is 0 Å². The average molecular weight is 314 g/mol. The topological polar surface area (TPSA) is 70.1 Å². The smallest absolute Gasteiger partial charge is 0.241 e. The molecular weight excluding hydrogens is 298 g/mol. The predicted molar refractivity (Wildman–Crippen MR) is 73.6 cm³/mol. The fourth-order valence-corrected chi connectivity index (χ4v) is 2.45. The molecule has 98 valence electrons. The predicted octanol–water partition coefficient (Wildman–Crippen LogP) is 1.32. The van der Waals surface area contributed by atoms with Crippen molar-refractivity contribution >= 4 is 33.5 Å². The van der Waals surface area contributed by atoms with Crippen molar-refractivity contribution in [1.82, 2.24) is 14.9 Å². The SMILES string of the molecule is CNc1ncnc(NCC(=O)N2CCCC2)c1Br. The third-order valence-corrected chi connectivity index (χ3v) is 3.64. The van der Waals surface area contributed by atoms with Crippen LogP contribution in [0.3, 0.4) is 0 Å². The molecule has 2 N–H and O–H groups in total. The van der Waals surface area contributed by atoms with Crippen LogP contribution in [0.2, 0.25) is 0 Å². The lowest BCUT2D eigenvalue weighted by Gasteiger charge is -2.16. The molecule has 0 unspecified atom stereocenters. The van der Waals surface area contributed by atoms with Crippen LogP contribution in [0.25, 0.3) is 0 Å². The zero-order chi connectivity index (χ0) is 13.0. The van der Waals surface area contributed by atoms with E-state index in [1.54, 1.807) is 7.05 Å². The van der Waals surface area contributed by atoms with Gasteiger partial charge in [-0.2, -0.15) is 0 Å². The minimum Gasteiger partial charge on any atom is -0.372 e. The van der Waals surface area contributed by atoms with Gasteiger partial charge in [0.05, 0.1) is 6.54 Å². The third-order valence-electron chi connectivity index (χ3n) is 2.89. The number of carbonyl (C=O) groups is 1. The molecule has 1 aliphatic rings. The highest BCUT2D eigenvalue weighted by molar-refractivity contribution is 9.10. The van der Waals surface area contributed by atoms with Crippen molar-refractivity contribution in [3.8, 4) is 0 Å². The number of carbonyl (C=O) groups excluding carboxylic acids is 1. The van der Waals surface area contributed by atoms with Gasteiger partial charge in [0.2, 0.25) is 5.91 Å². The summed E-state index contributed by atoms with van der Waals surface area (Å²) in [6, 6.07) is 0. The van der Waals surface area contributed by atoms with Gasteiger partial charge in [-0.1, -0.05) is 0 Å². The van der Waals surface area contributed by atoms with Gasteiger partial charge in [-0.05, 0) is 28.8 Å². The van der Waals surface area contributed by atoms with Crippen molar-refractivity contribution in [3.63, 3.8) is 0 Å². The highest BCUT2D eigenvalue weighted by atomic mass is 79.9. The number of rotatable bonds is 4. The number of hydrogen-bond acceptors (Lipinski definition) is 5. The average Bonchev–Trinajstić information content (AvgIpc) is 2.91. The Bertz CT molecular complexity index is 433. The van der Waals surface area contributed by atoms with Gasteiger partial charge in [0.1, 0.15) is 22.4 Å². The summed E-state index contributed by atoms with van der Waals surface area (Å²) < 4.78 is 0.738. The molecule has 1 fully saturated rings. The van der Waals surface area contributed by atoms with E-state index in [2.05, 4.69) is 36.5 Å². The molecule has 1 aromatic rings. The van der Waals surface area contributed by atoms with Crippen LogP contribution in [0.15, 0.2) is 10.8 Å². The van der Waals surface area contributed by atoms with E-state index < -0.39 is 0 Å². The summed E-state index contributed by atoms with van der Waals surface area (Å²) in [6.07, 6.45) is 3.67. The molecule has 1 saturated heterocycles. The van der Waals surface area contributed by atoms with E-state index >= 15 is 0 Å². The number of likely N-dealkylation sites (tertiary alicyclic amines) is 1. The van der Waals surface area contributed by atoms with Gasteiger partial charge in [-0.25, -0.2) is 9.97 Å². The lowest BCUT2D eigenvalue weighted by atomic mass is 10.4. The van der Waals surface area contributed by atoms with Crippen LogP contribution in [0.5, 0.6) is 0 Å². The molecule has 1 aliphatic heterocycles. The molecule has 0 aliphatic carbocycles. The van der Waals surface area contributed by atoms with E-state index in [0.29, 0.717) is 11.6 Å². The second-order valence-electron chi connectivity index (χ2n) is 4.08. The number of halogens is 1. The zero-order valence-corrected chi connectivity index (χ0v) is 11.8. The second-order valence-corrected chi connectivity index (χ2v) is 4.87. The van der Waals surface area contributed by atoms with Crippen molar-refractivity contribution < 1.29 is 4.79 Å². The Morgan fingerprint density at radius 1 is 1.39 bits per heavy atom. The lowest BCUT2D eigenvalue weighted by molar-refractivity contribution is -0.128. The largest absolute Gasteiger partial charge is 0.372 e. The zero-order valence-electron chi connectivity index (χ0n) is 10.2. The highest BCUT2D eigenvalue weighted by Crippen LogP contribution is 2.25. The normalized spacial score (nSPS) is 14.7. The fraction of sp³-hybridized carbons (Fsp3) is 0.545. The highest BCUT2D eigenvalue weighted by Gasteiger charge is 2.18. The summed E-state index contributed by atoms with van der Waals surface area (Å²) in [5.74, 6) is 1.44. The molecule has 0 saturated carbocycles. The maximum Gasteiger partial charge on any atom is 0.241 e. The maximum absolute atomic E-state index is 11.9. The van der Waals surface area contributed by atoms with E-state index in [1.807, 2.05) is 4.90 Å². The summed E-state index contributed by atoms with van der Waals surface area (Å²) >= 11 is 3.40. The molecule has 0 atom stereocenters. The standard InChI is InChI=1S/C11H16BrN5O/c1-13-10-9(12)11(16-7-15-10)14-6-8(18)17-4-2-3-5-17/h7H,2-6H2,1H3,(H2,13,14,15,16). The minimum atomic E-state index is 0.115. The molecule has 0 spiro atoms. The monoisotopic (exact) mass is 313 g/mol. The molecule has 2 heterocycles. The molecule has 18 heavy (non-hydrogen) atoms. The quantitative estimate of drug-likeness (QED) is 0.877. The molecule has 0 bridgehead atoms. The van der Waals surface area contributed by atoms with Crippen molar-refractivity contribution in [2.24, 2.45) is 0 Å². The number of hydrogen-bond donors (Lipinski definition) is 2. The second kappa shape index (κ2) is 5.99. The van der Waals surface area contributed by atoms with Gasteiger partial charge in [0.15, 0.2) is 0 Å². The van der Waals surface area contributed by atoms with Crippen LogP contribution in [0.4, 0.5) is 11.6 Å². The van der Waals surface area contributed by atoms with E-state index in [-0.39, 0.29) is 12.5 Å². The van der Waals surface area contributed by atoms with Crippen LogP contribution < -0.4 is 10.6 Å². The van der Waals surface area contributed by atoms with Crippen molar-refractivity contribution in [3.05, 3.63) is 10.8 Å². The van der Waals surface area contributed by atoms with Crippen LogP contribution >= 0.6 is 15.9 Å². The first-order chi connectivity index (χ1) is 8.72. The Hall–Kier alpha value is -1.37. The molecule has 0 radical (unpaired) electrons. The summed E-state index contributed by atoms with van der Waals surface area (Å²) in [5, 5.41) is 5.98. The van der Waals surface area contributed by atoms with Crippen molar-refractivity contribution in [2.45, 2.75) is 12.8 Å². The van der Waals surface area contributed by atoms with E-state index in [9.17, 15) is 4.79 Å². The maximum atomic E-state index is 11.9. The summed E-state index contributed by atoms with van der Waals surface area (Å²) in [5.41, 5.74) is 0. The Morgan fingerprint density at radius 3 is 2.72 bits per heavy atom. The minimum absolute atomic E-state index is 0.115. The molecule has 0 aromatic carbocycles. The molecule has 2 rings (SSSR count). The van der Waals surface area contributed by atoms with Gasteiger partial charge < -0.3 is 15.5 Å². The van der Waals surface area contributed by atoms with Crippen molar-refractivity contribution in [1.29, 1.82) is 0 Å². The Morgan fingerprint density at radius 2 is 2.06 bits per heavy atom. The fourth-order valence-electron chi connectivity index (χ4n) is 1.91. The van der Waals surface area contributed by atoms with E-state index in [1.165, 1.54) is 6.33 Å². The van der Waals surface area contributed by atoms with Crippen LogP contribution in [0, 0.1) is 0 Å². The number of amides is 1. The van der Waals surface area contributed by atoms with Gasteiger partial charge >= 0.3 is 0 Å². The Labute approximate surface area is 114 Å². The number of aromatic nitrogens is 2. The molecule has 1 aromatic heterocycles. The van der Waals surface area contributed by atoms with Crippen LogP contribution in [-0.4, -0.2) is 47.5 Å². The first-order valence-corrected chi connectivity index (χ1v) is 6.71. The summed E-state index contributed by atoms with van der Waals surface area (Å²) in [7, 11) is 1.78. The lowest BCUT2D eigenvalue weighted by Crippen LogP contribution is -2.33. The van der Waals surface area contributed by atoms with Crippen molar-refractivity contribution in [2.75, 3.05) is 37.3 Å². The van der Waals surface area contributed by atoms with Gasteiger partial charge in [0, 0.05) is 20.1 Å². The first kappa shape index (κ1) is 13.1. The summed E-state index contributed by atoms with van der Waals surface area (Å²) in [4.78, 5) is 21.9. The number of anilines is 2. The van der Waals surface area contributed by atoms with Gasteiger partial charge in [-0.15, -0.1) is 0 Å². The van der Waals surface area contributed by atoms with Crippen LogP contribution in [-0.2, 0) is 4.79 Å². The van der Waals surface area contributed by atoms with E-state index in [0.717, 1.165) is 30.4 Å².